The van der Waals surface area contributed by atoms with Crippen LogP contribution in [0, 0.1) is 20.2 Å². The monoisotopic (exact) mass is 642 g/mol. The van der Waals surface area contributed by atoms with E-state index in [4.69, 9.17) is 69.6 Å². The first-order valence-electron chi connectivity index (χ1n) is 6.97. The number of alkyl halides is 8. The topological polar surface area (TPSA) is 110 Å². The molecule has 0 saturated carbocycles. The smallest absolute Gasteiger partial charge is 0.289 e. The van der Waals surface area contributed by atoms with Gasteiger partial charge in [-0.3, -0.25) is 20.2 Å². The number of anilines is 2. The van der Waals surface area contributed by atoms with Gasteiger partial charge in [0.05, 0.1) is 11.4 Å². The van der Waals surface area contributed by atoms with Gasteiger partial charge in [0.2, 0.25) is 7.59 Å². The summed E-state index contributed by atoms with van der Waals surface area (Å²) in [4.78, 5) is 17.9. The van der Waals surface area contributed by atoms with Gasteiger partial charge in [-0.25, -0.2) is 0 Å². The van der Waals surface area contributed by atoms with E-state index in [0.717, 1.165) is 0 Å². The van der Waals surface area contributed by atoms with Gasteiger partial charge in [0.1, 0.15) is 0 Å². The molecule has 0 aliphatic heterocycles. The van der Waals surface area contributed by atoms with E-state index in [0.29, 0.717) is 0 Å². The molecule has 1 aromatic carbocycles. The maximum Gasteiger partial charge on any atom is 0.289 e. The molecule has 4 unspecified atom stereocenters. The van der Waals surface area contributed by atoms with E-state index in [2.05, 4.69) is 42.5 Å². The van der Waals surface area contributed by atoms with Crippen molar-refractivity contribution in [2.75, 3.05) is 10.6 Å². The van der Waals surface area contributed by atoms with Crippen molar-refractivity contribution in [1.82, 2.24) is 0 Å². The summed E-state index contributed by atoms with van der Waals surface area (Å²) in [6, 6.07) is 3.52. The second kappa shape index (κ2) is 10.6. The number of nitrogens with one attached hydrogen (secondary N) is 2. The SMILES string of the molecule is O=[N+]([O-])C(Br)C(Nc1ccccc1NC(C(Br)[N+](=O)[O-])C(Cl)(Cl)Cl)C(Cl)(Cl)Cl. The maximum absolute atomic E-state index is 11.1. The molecule has 0 aromatic heterocycles. The first-order valence-corrected chi connectivity index (χ1v) is 11.1. The summed E-state index contributed by atoms with van der Waals surface area (Å²) in [6.45, 7) is 0. The molecular weight excluding hydrogens is 637 g/mol. The molecule has 1 aromatic rings. The second-order valence-electron chi connectivity index (χ2n) is 5.19. The molecule has 0 amide bonds. The molecule has 2 N–H and O–H groups in total. The zero-order chi connectivity index (χ0) is 21.9. The molecule has 0 saturated heterocycles. The van der Waals surface area contributed by atoms with Gasteiger partial charge in [-0.1, -0.05) is 81.7 Å². The van der Waals surface area contributed by atoms with Crippen LogP contribution in [0.5, 0.6) is 0 Å². The standard InChI is InChI=1S/C12H10Br2Cl6N4O4/c13-9(23(25)26)7(11(15,16)17)21-5-3-1-2-4-6(5)22-8(12(18,19)20)10(14)24(27)28/h1-4,7-10,21-22H. The highest BCUT2D eigenvalue weighted by Crippen LogP contribution is 2.40. The Morgan fingerprint density at radius 2 is 1.07 bits per heavy atom. The summed E-state index contributed by atoms with van der Waals surface area (Å²) in [5, 5.41) is 27.7. The van der Waals surface area contributed by atoms with E-state index in [1.54, 1.807) is 12.1 Å². The van der Waals surface area contributed by atoms with Crippen molar-refractivity contribution >= 4 is 113 Å². The van der Waals surface area contributed by atoms with Crippen LogP contribution in [0.2, 0.25) is 0 Å². The summed E-state index contributed by atoms with van der Waals surface area (Å²) in [7, 11) is 0. The predicted molar refractivity (Wildman–Crippen MR) is 121 cm³/mol. The Labute approximate surface area is 206 Å². The lowest BCUT2D eigenvalue weighted by Crippen LogP contribution is -2.46. The minimum atomic E-state index is -2.08. The molecule has 0 aliphatic rings. The van der Waals surface area contributed by atoms with Crippen LogP contribution in [0.4, 0.5) is 11.4 Å². The highest BCUT2D eigenvalue weighted by Gasteiger charge is 2.46. The Morgan fingerprint density at radius 3 is 1.29 bits per heavy atom. The fraction of sp³-hybridized carbons (Fsp3) is 0.500. The largest absolute Gasteiger partial charge is 0.370 e. The lowest BCUT2D eigenvalue weighted by Gasteiger charge is -2.30. The van der Waals surface area contributed by atoms with Crippen molar-refractivity contribution in [3.63, 3.8) is 0 Å². The zero-order valence-electron chi connectivity index (χ0n) is 13.2. The van der Waals surface area contributed by atoms with Gasteiger partial charge in [0.25, 0.3) is 9.90 Å². The van der Waals surface area contributed by atoms with Crippen LogP contribution in [0.15, 0.2) is 24.3 Å². The Morgan fingerprint density at radius 1 is 0.786 bits per heavy atom. The van der Waals surface area contributed by atoms with Crippen molar-refractivity contribution in [1.29, 1.82) is 0 Å². The molecule has 0 fully saturated rings. The summed E-state index contributed by atoms with van der Waals surface area (Å²) in [5.74, 6) is 0. The zero-order valence-corrected chi connectivity index (χ0v) is 20.9. The van der Waals surface area contributed by atoms with Crippen LogP contribution >= 0.6 is 101 Å². The number of hydrogen-bond donors (Lipinski definition) is 2. The van der Waals surface area contributed by atoms with Crippen molar-refractivity contribution < 1.29 is 9.85 Å². The number of halogens is 8. The van der Waals surface area contributed by atoms with Gasteiger partial charge in [0.15, 0.2) is 12.1 Å². The first kappa shape index (κ1) is 26.4. The van der Waals surface area contributed by atoms with E-state index in [9.17, 15) is 20.2 Å². The van der Waals surface area contributed by atoms with Gasteiger partial charge >= 0.3 is 0 Å². The molecule has 0 heterocycles. The molecule has 0 spiro atoms. The molecule has 0 radical (unpaired) electrons. The van der Waals surface area contributed by atoms with Crippen LogP contribution in [-0.2, 0) is 0 Å². The number of para-hydroxylation sites is 2. The summed E-state index contributed by atoms with van der Waals surface area (Å²) >= 11 is 40.9. The number of rotatable bonds is 8. The number of nitrogens with zero attached hydrogens (tertiary/aromatic N) is 2. The van der Waals surface area contributed by atoms with Crippen molar-refractivity contribution in [3.8, 4) is 0 Å². The first-order chi connectivity index (χ1) is 12.7. The van der Waals surface area contributed by atoms with Crippen LogP contribution in [0.1, 0.15) is 0 Å². The van der Waals surface area contributed by atoms with Crippen LogP contribution in [-0.4, -0.2) is 39.4 Å². The number of nitro groups is 2. The fourth-order valence-corrected chi connectivity index (χ4v) is 4.94. The predicted octanol–water partition coefficient (Wildman–Crippen LogP) is 5.98. The van der Waals surface area contributed by atoms with E-state index >= 15 is 0 Å². The van der Waals surface area contributed by atoms with Crippen LogP contribution in [0.25, 0.3) is 0 Å². The fourth-order valence-electron chi connectivity index (χ4n) is 1.93. The molecule has 0 bridgehead atoms. The Balaban J connectivity index is 3.28. The molecule has 8 nitrogen and oxygen atoms in total. The highest BCUT2D eigenvalue weighted by atomic mass is 79.9. The van der Waals surface area contributed by atoms with E-state index < -0.39 is 39.4 Å². The molecule has 0 aliphatic carbocycles. The molecule has 1 rings (SSSR count). The van der Waals surface area contributed by atoms with Crippen molar-refractivity contribution in [3.05, 3.63) is 44.5 Å². The van der Waals surface area contributed by atoms with Crippen molar-refractivity contribution in [2.24, 2.45) is 0 Å². The minimum Gasteiger partial charge on any atom is -0.370 e. The van der Waals surface area contributed by atoms with Gasteiger partial charge in [-0.2, -0.15) is 0 Å². The van der Waals surface area contributed by atoms with Gasteiger partial charge in [-0.05, 0) is 44.0 Å². The van der Waals surface area contributed by atoms with Gasteiger partial charge < -0.3 is 10.6 Å². The Bertz CT molecular complexity index is 661. The molecular formula is C12H10Br2Cl6N4O4. The van der Waals surface area contributed by atoms with Crippen LogP contribution < -0.4 is 10.6 Å². The second-order valence-corrected chi connectivity index (χ2v) is 11.8. The summed E-state index contributed by atoms with van der Waals surface area (Å²) < 4.78 is -4.16. The highest BCUT2D eigenvalue weighted by molar-refractivity contribution is 9.09. The summed E-state index contributed by atoms with van der Waals surface area (Å²) in [5.41, 5.74) is 0.430. The van der Waals surface area contributed by atoms with Crippen molar-refractivity contribution in [2.45, 2.75) is 29.6 Å². The third-order valence-electron chi connectivity index (χ3n) is 3.21. The Kier molecular flexibility index (Phi) is 9.95. The average molecular weight is 647 g/mol. The van der Waals surface area contributed by atoms with Gasteiger partial charge in [0, 0.05) is 9.85 Å². The molecule has 16 heteroatoms. The summed E-state index contributed by atoms with van der Waals surface area (Å²) in [6.07, 6.45) is 0. The normalized spacial score (nSPS) is 16.6. The number of benzene rings is 1. The number of hydrogen-bond acceptors (Lipinski definition) is 6. The van der Waals surface area contributed by atoms with E-state index in [1.807, 2.05) is 0 Å². The molecule has 4 atom stereocenters. The third-order valence-corrected chi connectivity index (χ3v) is 6.34. The van der Waals surface area contributed by atoms with E-state index in [1.165, 1.54) is 12.1 Å². The Hall–Kier alpha value is 0.320. The van der Waals surface area contributed by atoms with Gasteiger partial charge in [-0.15, -0.1) is 0 Å². The lowest BCUT2D eigenvalue weighted by molar-refractivity contribution is -0.494. The van der Waals surface area contributed by atoms with Crippen LogP contribution in [0.3, 0.4) is 0 Å². The average Bonchev–Trinajstić information content (AvgIpc) is 2.54. The molecule has 28 heavy (non-hydrogen) atoms. The maximum atomic E-state index is 11.1. The quantitative estimate of drug-likeness (QED) is 0.156. The third kappa shape index (κ3) is 7.54. The minimum absolute atomic E-state index is 0.215. The van der Waals surface area contributed by atoms with E-state index in [-0.39, 0.29) is 11.4 Å². The molecule has 158 valence electrons. The lowest BCUT2D eigenvalue weighted by atomic mass is 10.2.